The first kappa shape index (κ1) is 12.4. The maximum atomic E-state index is 10.5. The molecule has 0 fully saturated rings. The molecule has 3 rings (SSSR count). The lowest BCUT2D eigenvalue weighted by molar-refractivity contribution is 0.189. The van der Waals surface area contributed by atoms with Crippen molar-refractivity contribution in [2.75, 3.05) is 0 Å². The van der Waals surface area contributed by atoms with Crippen molar-refractivity contribution in [3.63, 3.8) is 0 Å². The third-order valence-corrected chi connectivity index (χ3v) is 3.72. The van der Waals surface area contributed by atoms with Crippen molar-refractivity contribution in [1.82, 2.24) is 4.98 Å². The fourth-order valence-electron chi connectivity index (χ4n) is 2.21. The largest absolute Gasteiger partial charge is 0.465 e. The van der Waals surface area contributed by atoms with E-state index < -0.39 is 6.10 Å². The van der Waals surface area contributed by atoms with Crippen LogP contribution in [0, 0.1) is 6.92 Å². The van der Waals surface area contributed by atoms with Gasteiger partial charge in [-0.05, 0) is 46.6 Å². The number of furan rings is 1. The fraction of sp³-hybridized carbons (Fsp3) is 0.133. The Balaban J connectivity index is 2.22. The van der Waals surface area contributed by atoms with Crippen molar-refractivity contribution in [1.29, 1.82) is 0 Å². The first-order valence-corrected chi connectivity index (χ1v) is 6.73. The van der Waals surface area contributed by atoms with Crippen molar-refractivity contribution in [3.05, 3.63) is 64.2 Å². The van der Waals surface area contributed by atoms with Gasteiger partial charge in [0.15, 0.2) is 5.76 Å². The van der Waals surface area contributed by atoms with Crippen LogP contribution in [0.25, 0.3) is 10.9 Å². The lowest BCUT2D eigenvalue weighted by Gasteiger charge is -2.13. The van der Waals surface area contributed by atoms with Crippen molar-refractivity contribution in [2.45, 2.75) is 13.0 Å². The molecule has 0 aliphatic carbocycles. The van der Waals surface area contributed by atoms with Gasteiger partial charge < -0.3 is 9.52 Å². The average molecular weight is 318 g/mol. The van der Waals surface area contributed by atoms with E-state index in [-0.39, 0.29) is 0 Å². The number of aliphatic hydroxyl groups excluding tert-OH is 1. The number of benzene rings is 1. The molecule has 0 bridgehead atoms. The standard InChI is InChI=1S/C15H12BrNO2/c1-9-8-11(10-4-2-3-5-13(10)17-9)14(18)15-12(16)6-7-19-15/h2-8,14,18H,1H3. The molecule has 0 saturated carbocycles. The summed E-state index contributed by atoms with van der Waals surface area (Å²) < 4.78 is 6.11. The monoisotopic (exact) mass is 317 g/mol. The molecular formula is C15H12BrNO2. The van der Waals surface area contributed by atoms with E-state index in [1.807, 2.05) is 37.3 Å². The van der Waals surface area contributed by atoms with Crippen LogP contribution in [0.5, 0.6) is 0 Å². The van der Waals surface area contributed by atoms with Crippen LogP contribution in [0.15, 0.2) is 51.6 Å². The Bertz CT molecular complexity index is 736. The van der Waals surface area contributed by atoms with Crippen LogP contribution in [-0.4, -0.2) is 10.1 Å². The van der Waals surface area contributed by atoms with E-state index in [1.165, 1.54) is 0 Å². The molecule has 2 aromatic heterocycles. The molecule has 1 unspecified atom stereocenters. The van der Waals surface area contributed by atoms with Gasteiger partial charge >= 0.3 is 0 Å². The maximum absolute atomic E-state index is 10.5. The van der Waals surface area contributed by atoms with Crippen LogP contribution in [0.4, 0.5) is 0 Å². The highest BCUT2D eigenvalue weighted by atomic mass is 79.9. The lowest BCUT2D eigenvalue weighted by Crippen LogP contribution is -2.02. The Hall–Kier alpha value is -1.65. The Morgan fingerprint density at radius 3 is 2.79 bits per heavy atom. The third-order valence-electron chi connectivity index (χ3n) is 3.06. The van der Waals surface area contributed by atoms with Crippen LogP contribution in [0.2, 0.25) is 0 Å². The van der Waals surface area contributed by atoms with Gasteiger partial charge in [-0.1, -0.05) is 18.2 Å². The van der Waals surface area contributed by atoms with E-state index in [9.17, 15) is 5.11 Å². The second kappa shape index (κ2) is 4.79. The molecular weight excluding hydrogens is 306 g/mol. The van der Waals surface area contributed by atoms with Gasteiger partial charge in [0, 0.05) is 11.1 Å². The van der Waals surface area contributed by atoms with Gasteiger partial charge in [-0.2, -0.15) is 0 Å². The Kier molecular flexibility index (Phi) is 3.12. The van der Waals surface area contributed by atoms with E-state index >= 15 is 0 Å². The van der Waals surface area contributed by atoms with E-state index in [0.717, 1.165) is 26.6 Å². The molecule has 0 spiro atoms. The zero-order valence-electron chi connectivity index (χ0n) is 10.3. The predicted molar refractivity (Wildman–Crippen MR) is 76.9 cm³/mol. The SMILES string of the molecule is Cc1cc(C(O)c2occc2Br)c2ccccc2n1. The zero-order valence-corrected chi connectivity index (χ0v) is 11.9. The smallest absolute Gasteiger partial charge is 0.150 e. The predicted octanol–water partition coefficient (Wildman–Crippen LogP) is 3.98. The Morgan fingerprint density at radius 2 is 2.05 bits per heavy atom. The molecule has 19 heavy (non-hydrogen) atoms. The van der Waals surface area contributed by atoms with Crippen molar-refractivity contribution < 1.29 is 9.52 Å². The fourth-order valence-corrected chi connectivity index (χ4v) is 2.63. The molecule has 1 atom stereocenters. The molecule has 3 nitrogen and oxygen atoms in total. The van der Waals surface area contributed by atoms with E-state index in [0.29, 0.717) is 5.76 Å². The van der Waals surface area contributed by atoms with Gasteiger partial charge in [0.2, 0.25) is 0 Å². The minimum Gasteiger partial charge on any atom is -0.465 e. The summed E-state index contributed by atoms with van der Waals surface area (Å²) in [5.74, 6) is 0.510. The summed E-state index contributed by atoms with van der Waals surface area (Å²) in [4.78, 5) is 4.47. The molecule has 1 N–H and O–H groups in total. The van der Waals surface area contributed by atoms with Gasteiger partial charge in [0.25, 0.3) is 0 Å². The Morgan fingerprint density at radius 1 is 1.26 bits per heavy atom. The number of hydrogen-bond donors (Lipinski definition) is 1. The van der Waals surface area contributed by atoms with Gasteiger partial charge in [-0.3, -0.25) is 4.98 Å². The summed E-state index contributed by atoms with van der Waals surface area (Å²) in [5.41, 5.74) is 2.55. The summed E-state index contributed by atoms with van der Waals surface area (Å²) in [6.07, 6.45) is 0.745. The number of aryl methyl sites for hydroxylation is 1. The number of nitrogens with zero attached hydrogens (tertiary/aromatic N) is 1. The van der Waals surface area contributed by atoms with Gasteiger partial charge in [-0.25, -0.2) is 0 Å². The molecule has 0 amide bonds. The number of hydrogen-bond acceptors (Lipinski definition) is 3. The van der Waals surface area contributed by atoms with E-state index in [4.69, 9.17) is 4.42 Å². The molecule has 2 heterocycles. The molecule has 4 heteroatoms. The van der Waals surface area contributed by atoms with Crippen LogP contribution >= 0.6 is 15.9 Å². The number of para-hydroxylation sites is 1. The molecule has 96 valence electrons. The van der Waals surface area contributed by atoms with Crippen molar-refractivity contribution in [3.8, 4) is 0 Å². The first-order chi connectivity index (χ1) is 9.16. The molecule has 0 radical (unpaired) electrons. The number of fused-ring (bicyclic) bond motifs is 1. The second-order valence-corrected chi connectivity index (χ2v) is 5.26. The highest BCUT2D eigenvalue weighted by molar-refractivity contribution is 9.10. The van der Waals surface area contributed by atoms with Crippen LogP contribution < -0.4 is 0 Å². The number of pyridine rings is 1. The maximum Gasteiger partial charge on any atom is 0.150 e. The summed E-state index contributed by atoms with van der Waals surface area (Å²) in [7, 11) is 0. The molecule has 1 aromatic carbocycles. The lowest BCUT2D eigenvalue weighted by atomic mass is 10.0. The van der Waals surface area contributed by atoms with Crippen LogP contribution in [-0.2, 0) is 0 Å². The molecule has 0 aliphatic heterocycles. The molecule has 0 saturated heterocycles. The zero-order chi connectivity index (χ0) is 13.4. The summed E-state index contributed by atoms with van der Waals surface area (Å²) in [6, 6.07) is 11.4. The first-order valence-electron chi connectivity index (χ1n) is 5.94. The van der Waals surface area contributed by atoms with Gasteiger partial charge in [0.05, 0.1) is 16.3 Å². The van der Waals surface area contributed by atoms with Crippen molar-refractivity contribution >= 4 is 26.8 Å². The summed E-state index contributed by atoms with van der Waals surface area (Å²) in [5, 5.41) is 11.5. The quantitative estimate of drug-likeness (QED) is 0.777. The normalized spacial score (nSPS) is 12.8. The minimum absolute atomic E-state index is 0.510. The summed E-state index contributed by atoms with van der Waals surface area (Å²) in [6.45, 7) is 1.92. The van der Waals surface area contributed by atoms with Gasteiger partial charge in [0.1, 0.15) is 6.10 Å². The number of halogens is 1. The Labute approximate surface area is 119 Å². The average Bonchev–Trinajstić information content (AvgIpc) is 2.83. The summed E-state index contributed by atoms with van der Waals surface area (Å²) >= 11 is 3.38. The topological polar surface area (TPSA) is 46.3 Å². The second-order valence-electron chi connectivity index (χ2n) is 4.41. The van der Waals surface area contributed by atoms with E-state index in [1.54, 1.807) is 12.3 Å². The van der Waals surface area contributed by atoms with Crippen LogP contribution in [0.1, 0.15) is 23.1 Å². The highest BCUT2D eigenvalue weighted by Crippen LogP contribution is 2.33. The van der Waals surface area contributed by atoms with Gasteiger partial charge in [-0.15, -0.1) is 0 Å². The molecule has 0 aliphatic rings. The highest BCUT2D eigenvalue weighted by Gasteiger charge is 2.20. The number of aromatic nitrogens is 1. The number of rotatable bonds is 2. The van der Waals surface area contributed by atoms with E-state index in [2.05, 4.69) is 20.9 Å². The van der Waals surface area contributed by atoms with Crippen molar-refractivity contribution in [2.24, 2.45) is 0 Å². The molecule has 3 aromatic rings. The third kappa shape index (κ3) is 2.17. The minimum atomic E-state index is -0.809. The number of aliphatic hydroxyl groups is 1. The van der Waals surface area contributed by atoms with Crippen LogP contribution in [0.3, 0.4) is 0 Å².